The Morgan fingerprint density at radius 1 is 0.939 bits per heavy atom. The van der Waals surface area contributed by atoms with Crippen molar-refractivity contribution in [3.8, 4) is 5.75 Å². The molecule has 0 aliphatic heterocycles. The first-order valence-electron chi connectivity index (χ1n) is 9.79. The Morgan fingerprint density at radius 2 is 1.58 bits per heavy atom. The van der Waals surface area contributed by atoms with Gasteiger partial charge in [0.15, 0.2) is 0 Å². The SMILES string of the molecule is COc1ccc(NS(=O)(=O)c2ccc(C)c(C(=O)NCC(=O)Nc3ccc(Cl)cc3)c2)cc1. The normalized spacial score (nSPS) is 10.9. The van der Waals surface area contributed by atoms with Crippen molar-refractivity contribution in [2.24, 2.45) is 0 Å². The molecule has 0 heterocycles. The topological polar surface area (TPSA) is 114 Å². The smallest absolute Gasteiger partial charge is 0.261 e. The summed E-state index contributed by atoms with van der Waals surface area (Å²) >= 11 is 5.81. The van der Waals surface area contributed by atoms with E-state index in [0.717, 1.165) is 0 Å². The number of ether oxygens (including phenoxy) is 1. The average Bonchev–Trinajstić information content (AvgIpc) is 2.79. The molecule has 3 rings (SSSR count). The number of benzene rings is 3. The van der Waals surface area contributed by atoms with E-state index in [9.17, 15) is 18.0 Å². The van der Waals surface area contributed by atoms with E-state index in [1.165, 1.54) is 25.3 Å². The zero-order chi connectivity index (χ0) is 24.0. The first kappa shape index (κ1) is 24.1. The number of hydrogen-bond acceptors (Lipinski definition) is 5. The van der Waals surface area contributed by atoms with Gasteiger partial charge in [-0.05, 0) is 73.2 Å². The molecule has 3 N–H and O–H groups in total. The van der Waals surface area contributed by atoms with Crippen LogP contribution in [0, 0.1) is 6.92 Å². The first-order valence-corrected chi connectivity index (χ1v) is 11.7. The van der Waals surface area contributed by atoms with Crippen LogP contribution in [0.15, 0.2) is 71.6 Å². The molecule has 0 unspecified atom stereocenters. The lowest BCUT2D eigenvalue weighted by Crippen LogP contribution is -2.33. The minimum Gasteiger partial charge on any atom is -0.497 e. The molecule has 0 spiro atoms. The van der Waals surface area contributed by atoms with Crippen LogP contribution >= 0.6 is 11.6 Å². The maximum absolute atomic E-state index is 12.8. The third-order valence-electron chi connectivity index (χ3n) is 4.64. The van der Waals surface area contributed by atoms with Gasteiger partial charge in [-0.2, -0.15) is 0 Å². The van der Waals surface area contributed by atoms with Gasteiger partial charge in [0.1, 0.15) is 5.75 Å². The fourth-order valence-electron chi connectivity index (χ4n) is 2.88. The molecule has 0 radical (unpaired) electrons. The Kier molecular flexibility index (Phi) is 7.57. The summed E-state index contributed by atoms with van der Waals surface area (Å²) in [6, 6.07) is 17.1. The highest BCUT2D eigenvalue weighted by atomic mass is 35.5. The van der Waals surface area contributed by atoms with Crippen molar-refractivity contribution < 1.29 is 22.7 Å². The molecule has 33 heavy (non-hydrogen) atoms. The third-order valence-corrected chi connectivity index (χ3v) is 6.27. The van der Waals surface area contributed by atoms with Crippen LogP contribution in [0.2, 0.25) is 5.02 Å². The molecule has 0 fully saturated rings. The van der Waals surface area contributed by atoms with Crippen LogP contribution in [0.3, 0.4) is 0 Å². The van der Waals surface area contributed by atoms with E-state index in [2.05, 4.69) is 15.4 Å². The molecule has 0 saturated carbocycles. The summed E-state index contributed by atoms with van der Waals surface area (Å²) in [4.78, 5) is 24.7. The third kappa shape index (κ3) is 6.47. The minimum atomic E-state index is -3.94. The predicted octanol–water partition coefficient (Wildman–Crippen LogP) is 3.83. The summed E-state index contributed by atoms with van der Waals surface area (Å²) in [7, 11) is -2.43. The van der Waals surface area contributed by atoms with Gasteiger partial charge in [0.25, 0.3) is 15.9 Å². The number of sulfonamides is 1. The predicted molar refractivity (Wildman–Crippen MR) is 127 cm³/mol. The van der Waals surface area contributed by atoms with Crippen LogP contribution in [0.5, 0.6) is 5.75 Å². The fraction of sp³-hybridized carbons (Fsp3) is 0.130. The molecule has 3 aromatic rings. The monoisotopic (exact) mass is 487 g/mol. The van der Waals surface area contributed by atoms with E-state index in [4.69, 9.17) is 16.3 Å². The number of carbonyl (C=O) groups excluding carboxylic acids is 2. The molecule has 0 aromatic heterocycles. The summed E-state index contributed by atoms with van der Waals surface area (Å²) in [6.45, 7) is 1.39. The van der Waals surface area contributed by atoms with Crippen molar-refractivity contribution in [2.45, 2.75) is 11.8 Å². The highest BCUT2D eigenvalue weighted by Gasteiger charge is 2.19. The second-order valence-electron chi connectivity index (χ2n) is 7.05. The summed E-state index contributed by atoms with van der Waals surface area (Å²) in [5.41, 5.74) is 1.59. The van der Waals surface area contributed by atoms with Gasteiger partial charge < -0.3 is 15.4 Å². The molecular weight excluding hydrogens is 466 g/mol. The summed E-state index contributed by atoms with van der Waals surface area (Å²) < 4.78 is 33.1. The Labute approximate surface area is 197 Å². The summed E-state index contributed by atoms with van der Waals surface area (Å²) in [5, 5.41) is 5.68. The van der Waals surface area contributed by atoms with Gasteiger partial charge in [-0.1, -0.05) is 17.7 Å². The van der Waals surface area contributed by atoms with Crippen LogP contribution in [0.4, 0.5) is 11.4 Å². The van der Waals surface area contributed by atoms with Crippen LogP contribution in [0.25, 0.3) is 0 Å². The molecule has 0 aliphatic carbocycles. The molecule has 10 heteroatoms. The molecule has 172 valence electrons. The van der Waals surface area contributed by atoms with Crippen molar-refractivity contribution in [1.29, 1.82) is 0 Å². The Hall–Kier alpha value is -3.56. The highest BCUT2D eigenvalue weighted by Crippen LogP contribution is 2.21. The van der Waals surface area contributed by atoms with Gasteiger partial charge in [-0.3, -0.25) is 14.3 Å². The number of amides is 2. The minimum absolute atomic E-state index is 0.0836. The zero-order valence-electron chi connectivity index (χ0n) is 17.9. The lowest BCUT2D eigenvalue weighted by Gasteiger charge is -2.12. The van der Waals surface area contributed by atoms with Crippen LogP contribution in [-0.2, 0) is 14.8 Å². The Balaban J connectivity index is 1.68. The Bertz CT molecular complexity index is 1260. The van der Waals surface area contributed by atoms with E-state index < -0.39 is 21.8 Å². The lowest BCUT2D eigenvalue weighted by atomic mass is 10.1. The lowest BCUT2D eigenvalue weighted by molar-refractivity contribution is -0.115. The van der Waals surface area contributed by atoms with Crippen molar-refractivity contribution in [3.63, 3.8) is 0 Å². The molecule has 2 amide bonds. The molecule has 0 bridgehead atoms. The fourth-order valence-corrected chi connectivity index (χ4v) is 4.09. The summed E-state index contributed by atoms with van der Waals surface area (Å²) in [5.74, 6) is -0.416. The van der Waals surface area contributed by atoms with Gasteiger partial charge in [-0.25, -0.2) is 8.42 Å². The number of rotatable bonds is 8. The quantitative estimate of drug-likeness (QED) is 0.447. The molecular formula is C23H22ClN3O5S. The summed E-state index contributed by atoms with van der Waals surface area (Å²) in [6.07, 6.45) is 0. The van der Waals surface area contributed by atoms with Gasteiger partial charge in [0, 0.05) is 22.0 Å². The largest absolute Gasteiger partial charge is 0.497 e. The number of methoxy groups -OCH3 is 1. The molecule has 3 aromatic carbocycles. The van der Waals surface area contributed by atoms with Crippen LogP contribution in [-0.4, -0.2) is 33.9 Å². The maximum atomic E-state index is 12.8. The standard InChI is InChI=1S/C23H22ClN3O5S/c1-15-3-12-20(33(30,31)27-18-8-10-19(32-2)11-9-18)13-21(15)23(29)25-14-22(28)26-17-6-4-16(24)5-7-17/h3-13,27H,14H2,1-2H3,(H,25,29)(H,26,28). The number of anilines is 2. The van der Waals surface area contributed by atoms with Gasteiger partial charge in [-0.15, -0.1) is 0 Å². The highest BCUT2D eigenvalue weighted by molar-refractivity contribution is 7.92. The van der Waals surface area contributed by atoms with E-state index in [1.54, 1.807) is 55.5 Å². The second-order valence-corrected chi connectivity index (χ2v) is 9.17. The van der Waals surface area contributed by atoms with Gasteiger partial charge in [0.2, 0.25) is 5.91 Å². The number of hydrogen-bond donors (Lipinski definition) is 3. The zero-order valence-corrected chi connectivity index (χ0v) is 19.5. The van der Waals surface area contributed by atoms with Crippen LogP contribution in [0.1, 0.15) is 15.9 Å². The van der Waals surface area contributed by atoms with Gasteiger partial charge >= 0.3 is 0 Å². The van der Waals surface area contributed by atoms with Crippen LogP contribution < -0.4 is 20.1 Å². The van der Waals surface area contributed by atoms with Crippen molar-refractivity contribution in [1.82, 2.24) is 5.32 Å². The number of halogens is 1. The van der Waals surface area contributed by atoms with Crippen molar-refractivity contribution >= 4 is 44.8 Å². The average molecular weight is 488 g/mol. The molecule has 8 nitrogen and oxygen atoms in total. The number of nitrogens with one attached hydrogen (secondary N) is 3. The van der Waals surface area contributed by atoms with Gasteiger partial charge in [0.05, 0.1) is 18.6 Å². The van der Waals surface area contributed by atoms with E-state index >= 15 is 0 Å². The van der Waals surface area contributed by atoms with E-state index in [0.29, 0.717) is 27.7 Å². The van der Waals surface area contributed by atoms with E-state index in [-0.39, 0.29) is 17.0 Å². The van der Waals surface area contributed by atoms with Crippen molar-refractivity contribution in [3.05, 3.63) is 82.9 Å². The number of carbonyl (C=O) groups is 2. The molecule has 0 saturated heterocycles. The van der Waals surface area contributed by atoms with Crippen molar-refractivity contribution in [2.75, 3.05) is 23.7 Å². The maximum Gasteiger partial charge on any atom is 0.261 e. The van der Waals surface area contributed by atoms with E-state index in [1.807, 2.05) is 0 Å². The molecule has 0 atom stereocenters. The molecule has 0 aliphatic rings. The Morgan fingerprint density at radius 3 is 2.21 bits per heavy atom. The first-order chi connectivity index (χ1) is 15.7. The second kappa shape index (κ2) is 10.4. The number of aryl methyl sites for hydroxylation is 1.